The Morgan fingerprint density at radius 3 is 2.32 bits per heavy atom. The molecule has 1 N–H and O–H groups in total. The number of carbonyl (C=O) groups is 2. The number of aliphatic carboxylic acids is 1. The molecule has 0 aromatic rings. The topological polar surface area (TPSA) is 57.6 Å². The van der Waals surface area contributed by atoms with Crippen LogP contribution in [0, 0.1) is 11.3 Å². The average molecular weight is 267 g/mol. The zero-order valence-corrected chi connectivity index (χ0v) is 12.0. The maximum atomic E-state index is 12.4. The average Bonchev–Trinajstić information content (AvgIpc) is 3.22. The van der Waals surface area contributed by atoms with Gasteiger partial charge in [-0.25, -0.2) is 0 Å². The molecule has 0 saturated heterocycles. The molecule has 1 amide bonds. The summed E-state index contributed by atoms with van der Waals surface area (Å²) < 4.78 is 0. The van der Waals surface area contributed by atoms with Crippen molar-refractivity contribution < 1.29 is 14.7 Å². The van der Waals surface area contributed by atoms with E-state index in [2.05, 4.69) is 6.92 Å². The second-order valence-corrected chi connectivity index (χ2v) is 6.41. The summed E-state index contributed by atoms with van der Waals surface area (Å²) in [6.07, 6.45) is 6.83. The van der Waals surface area contributed by atoms with Crippen LogP contribution in [0.5, 0.6) is 0 Å². The van der Waals surface area contributed by atoms with Crippen molar-refractivity contribution in [3.63, 3.8) is 0 Å². The number of amides is 1. The maximum Gasteiger partial charge on any atom is 0.310 e. The third kappa shape index (κ3) is 3.10. The second-order valence-electron chi connectivity index (χ2n) is 6.41. The molecule has 2 rings (SSSR count). The molecule has 1 atom stereocenters. The van der Waals surface area contributed by atoms with Crippen molar-refractivity contribution in [1.82, 2.24) is 4.90 Å². The van der Waals surface area contributed by atoms with Crippen molar-refractivity contribution in [3.05, 3.63) is 0 Å². The Hall–Kier alpha value is -1.06. The molecule has 1 unspecified atom stereocenters. The standard InChI is InChI=1S/C15H25NO3/c1-11(12-6-7-12)16(2)13(17)10-15(14(18)19)8-4-3-5-9-15/h11-12H,3-10H2,1-2H3,(H,18,19). The van der Waals surface area contributed by atoms with Crippen LogP contribution in [0.2, 0.25) is 0 Å². The predicted octanol–water partition coefficient (Wildman–Crippen LogP) is 2.67. The highest BCUT2D eigenvalue weighted by atomic mass is 16.4. The second kappa shape index (κ2) is 5.51. The van der Waals surface area contributed by atoms with E-state index >= 15 is 0 Å². The first-order valence-corrected chi connectivity index (χ1v) is 7.45. The summed E-state index contributed by atoms with van der Waals surface area (Å²) in [5, 5.41) is 9.51. The Balaban J connectivity index is 2.00. The fourth-order valence-electron chi connectivity index (χ4n) is 3.23. The molecular formula is C15H25NO3. The summed E-state index contributed by atoms with van der Waals surface area (Å²) in [5.74, 6) is -0.155. The van der Waals surface area contributed by atoms with Crippen LogP contribution in [0.3, 0.4) is 0 Å². The number of carbonyl (C=O) groups excluding carboxylic acids is 1. The fraction of sp³-hybridized carbons (Fsp3) is 0.867. The van der Waals surface area contributed by atoms with E-state index in [1.807, 2.05) is 7.05 Å². The van der Waals surface area contributed by atoms with Gasteiger partial charge in [-0.05, 0) is 38.5 Å². The Labute approximate surface area is 115 Å². The normalized spacial score (nSPS) is 23.7. The van der Waals surface area contributed by atoms with Crippen LogP contribution in [0.15, 0.2) is 0 Å². The van der Waals surface area contributed by atoms with Crippen molar-refractivity contribution >= 4 is 11.9 Å². The van der Waals surface area contributed by atoms with Gasteiger partial charge in [-0.2, -0.15) is 0 Å². The van der Waals surface area contributed by atoms with Gasteiger partial charge in [0.15, 0.2) is 0 Å². The van der Waals surface area contributed by atoms with Crippen molar-refractivity contribution in [3.8, 4) is 0 Å². The number of nitrogens with zero attached hydrogens (tertiary/aromatic N) is 1. The van der Waals surface area contributed by atoms with Gasteiger partial charge in [0.1, 0.15) is 0 Å². The summed E-state index contributed by atoms with van der Waals surface area (Å²) in [4.78, 5) is 25.7. The quantitative estimate of drug-likeness (QED) is 0.833. The maximum absolute atomic E-state index is 12.4. The van der Waals surface area contributed by atoms with E-state index in [0.717, 1.165) is 19.3 Å². The minimum absolute atomic E-state index is 0.00343. The third-order valence-electron chi connectivity index (χ3n) is 5.06. The largest absolute Gasteiger partial charge is 0.481 e. The molecule has 2 fully saturated rings. The third-order valence-corrected chi connectivity index (χ3v) is 5.06. The SMILES string of the molecule is CC(C1CC1)N(C)C(=O)CC1(C(=O)O)CCCCC1. The van der Waals surface area contributed by atoms with E-state index in [0.29, 0.717) is 18.8 Å². The van der Waals surface area contributed by atoms with Gasteiger partial charge in [0.25, 0.3) is 0 Å². The van der Waals surface area contributed by atoms with Crippen LogP contribution in [-0.2, 0) is 9.59 Å². The minimum atomic E-state index is -0.799. The van der Waals surface area contributed by atoms with Crippen LogP contribution in [0.1, 0.15) is 58.3 Å². The first kappa shape index (κ1) is 14.4. The molecule has 0 radical (unpaired) electrons. The van der Waals surface area contributed by atoms with Crippen LogP contribution >= 0.6 is 0 Å². The van der Waals surface area contributed by atoms with Gasteiger partial charge in [0.2, 0.25) is 5.91 Å². The summed E-state index contributed by atoms with van der Waals surface area (Å²) in [7, 11) is 1.82. The molecule has 4 heteroatoms. The lowest BCUT2D eigenvalue weighted by Gasteiger charge is -2.35. The summed E-state index contributed by atoms with van der Waals surface area (Å²) >= 11 is 0. The van der Waals surface area contributed by atoms with Crippen molar-refractivity contribution in [2.75, 3.05) is 7.05 Å². The van der Waals surface area contributed by atoms with Crippen LogP contribution in [0.25, 0.3) is 0 Å². The van der Waals surface area contributed by atoms with E-state index in [4.69, 9.17) is 0 Å². The Morgan fingerprint density at radius 1 is 1.26 bits per heavy atom. The molecule has 0 aliphatic heterocycles. The highest BCUT2D eigenvalue weighted by molar-refractivity contribution is 5.85. The van der Waals surface area contributed by atoms with Gasteiger partial charge >= 0.3 is 5.97 Å². The van der Waals surface area contributed by atoms with E-state index in [9.17, 15) is 14.7 Å². The fourth-order valence-corrected chi connectivity index (χ4v) is 3.23. The minimum Gasteiger partial charge on any atom is -0.481 e. The monoisotopic (exact) mass is 267 g/mol. The number of carboxylic acids is 1. The first-order valence-electron chi connectivity index (χ1n) is 7.45. The van der Waals surface area contributed by atoms with Gasteiger partial charge in [-0.15, -0.1) is 0 Å². The van der Waals surface area contributed by atoms with Crippen molar-refractivity contribution in [2.45, 2.75) is 64.3 Å². The summed E-state index contributed by atoms with van der Waals surface area (Å²) in [6.45, 7) is 2.07. The van der Waals surface area contributed by atoms with Crippen LogP contribution < -0.4 is 0 Å². The van der Waals surface area contributed by atoms with Gasteiger partial charge in [0.05, 0.1) is 5.41 Å². The predicted molar refractivity (Wildman–Crippen MR) is 72.7 cm³/mol. The Bertz CT molecular complexity index is 356. The lowest BCUT2D eigenvalue weighted by Crippen LogP contribution is -2.43. The van der Waals surface area contributed by atoms with Gasteiger partial charge in [0, 0.05) is 19.5 Å². The van der Waals surface area contributed by atoms with Crippen molar-refractivity contribution in [2.24, 2.45) is 11.3 Å². The Kier molecular flexibility index (Phi) is 4.16. The van der Waals surface area contributed by atoms with Crippen LogP contribution in [0.4, 0.5) is 0 Å². The van der Waals surface area contributed by atoms with Gasteiger partial charge in [-0.1, -0.05) is 19.3 Å². The van der Waals surface area contributed by atoms with Crippen molar-refractivity contribution in [1.29, 1.82) is 0 Å². The summed E-state index contributed by atoms with van der Waals surface area (Å²) in [5.41, 5.74) is -0.799. The van der Waals surface area contributed by atoms with Gasteiger partial charge < -0.3 is 10.0 Å². The van der Waals surface area contributed by atoms with Gasteiger partial charge in [-0.3, -0.25) is 9.59 Å². The number of hydrogen-bond donors (Lipinski definition) is 1. The molecule has 0 aromatic carbocycles. The molecule has 2 aliphatic rings. The van der Waals surface area contributed by atoms with E-state index in [-0.39, 0.29) is 18.4 Å². The number of hydrogen-bond acceptors (Lipinski definition) is 2. The molecule has 0 bridgehead atoms. The van der Waals surface area contributed by atoms with E-state index in [1.54, 1.807) is 4.90 Å². The summed E-state index contributed by atoms with van der Waals surface area (Å²) in [6, 6.07) is 0.252. The molecule has 0 heterocycles. The molecule has 2 saturated carbocycles. The molecule has 4 nitrogen and oxygen atoms in total. The first-order chi connectivity index (χ1) is 8.96. The number of carboxylic acid groups (broad SMARTS) is 1. The number of rotatable bonds is 5. The lowest BCUT2D eigenvalue weighted by molar-refractivity contribution is -0.156. The Morgan fingerprint density at radius 2 is 1.84 bits per heavy atom. The smallest absolute Gasteiger partial charge is 0.310 e. The molecule has 0 aromatic heterocycles. The highest BCUT2D eigenvalue weighted by Crippen LogP contribution is 2.41. The molecule has 19 heavy (non-hydrogen) atoms. The van der Waals surface area contributed by atoms with Crippen LogP contribution in [-0.4, -0.2) is 35.0 Å². The molecule has 2 aliphatic carbocycles. The zero-order chi connectivity index (χ0) is 14.0. The van der Waals surface area contributed by atoms with E-state index < -0.39 is 11.4 Å². The highest BCUT2D eigenvalue weighted by Gasteiger charge is 2.43. The zero-order valence-electron chi connectivity index (χ0n) is 12.0. The molecule has 108 valence electrons. The lowest BCUT2D eigenvalue weighted by atomic mass is 9.71. The molecule has 0 spiro atoms. The van der Waals surface area contributed by atoms with E-state index in [1.165, 1.54) is 12.8 Å². The molecular weight excluding hydrogens is 242 g/mol.